The van der Waals surface area contributed by atoms with Gasteiger partial charge in [-0.2, -0.15) is 0 Å². The van der Waals surface area contributed by atoms with Crippen molar-refractivity contribution in [2.45, 2.75) is 12.5 Å². The fourth-order valence-corrected chi connectivity index (χ4v) is 1.85. The van der Waals surface area contributed by atoms with Crippen LogP contribution >= 0.6 is 0 Å². The highest BCUT2D eigenvalue weighted by molar-refractivity contribution is 5.96. The Morgan fingerprint density at radius 3 is 2.43 bits per heavy atom. The number of benzene rings is 2. The fraction of sp³-hybridized carbons (Fsp3) is 0.133. The van der Waals surface area contributed by atoms with Gasteiger partial charge in [0, 0.05) is 0 Å². The standard InChI is InChI=1S/C15H16N2O4/c16-10(7-9-5-6-13(19)14(20)8-9)15(21)17-11-3-1-2-4-12(11)18/h1-6,8,10,18-20H,7,16H2,(H,17,21)/t10-/m0/s1. The van der Waals surface area contributed by atoms with Crippen LogP contribution in [0, 0.1) is 0 Å². The fourth-order valence-electron chi connectivity index (χ4n) is 1.85. The maximum atomic E-state index is 12.0. The molecule has 2 aromatic rings. The van der Waals surface area contributed by atoms with Crippen LogP contribution in [0.25, 0.3) is 0 Å². The van der Waals surface area contributed by atoms with Crippen LogP contribution in [0.1, 0.15) is 5.56 Å². The zero-order chi connectivity index (χ0) is 15.4. The summed E-state index contributed by atoms with van der Waals surface area (Å²) in [6.45, 7) is 0. The number of aromatic hydroxyl groups is 3. The van der Waals surface area contributed by atoms with Crippen molar-refractivity contribution in [2.24, 2.45) is 5.73 Å². The van der Waals surface area contributed by atoms with E-state index in [1.54, 1.807) is 24.3 Å². The van der Waals surface area contributed by atoms with Crippen LogP contribution in [0.3, 0.4) is 0 Å². The first-order valence-corrected chi connectivity index (χ1v) is 6.32. The minimum Gasteiger partial charge on any atom is -0.506 e. The summed E-state index contributed by atoms with van der Waals surface area (Å²) in [7, 11) is 0. The lowest BCUT2D eigenvalue weighted by atomic mass is 10.1. The lowest BCUT2D eigenvalue weighted by Crippen LogP contribution is -2.37. The molecule has 0 heterocycles. The predicted octanol–water partition coefficient (Wildman–Crippen LogP) is 1.31. The second-order valence-corrected chi connectivity index (χ2v) is 4.64. The first-order valence-electron chi connectivity index (χ1n) is 6.32. The van der Waals surface area contributed by atoms with Crippen molar-refractivity contribution < 1.29 is 20.1 Å². The monoisotopic (exact) mass is 288 g/mol. The maximum Gasteiger partial charge on any atom is 0.241 e. The molecule has 2 rings (SSSR count). The van der Waals surface area contributed by atoms with E-state index in [0.29, 0.717) is 5.56 Å². The van der Waals surface area contributed by atoms with E-state index in [9.17, 15) is 20.1 Å². The molecular formula is C15H16N2O4. The number of amides is 1. The summed E-state index contributed by atoms with van der Waals surface area (Å²) >= 11 is 0. The largest absolute Gasteiger partial charge is 0.506 e. The van der Waals surface area contributed by atoms with Gasteiger partial charge in [0.25, 0.3) is 0 Å². The van der Waals surface area contributed by atoms with Crippen molar-refractivity contribution in [3.05, 3.63) is 48.0 Å². The summed E-state index contributed by atoms with van der Waals surface area (Å²) in [5.74, 6) is -0.990. The smallest absolute Gasteiger partial charge is 0.241 e. The van der Waals surface area contributed by atoms with Crippen LogP contribution in [-0.2, 0) is 11.2 Å². The summed E-state index contributed by atoms with van der Waals surface area (Å²) in [5, 5.41) is 30.7. The highest BCUT2D eigenvalue weighted by atomic mass is 16.3. The molecule has 0 bridgehead atoms. The maximum absolute atomic E-state index is 12.0. The SMILES string of the molecule is N[C@@H](Cc1ccc(O)c(O)c1)C(=O)Nc1ccccc1O. The Morgan fingerprint density at radius 1 is 1.05 bits per heavy atom. The first kappa shape index (κ1) is 14.7. The second kappa shape index (κ2) is 6.15. The third-order valence-corrected chi connectivity index (χ3v) is 2.99. The molecule has 0 spiro atoms. The van der Waals surface area contributed by atoms with Crippen LogP contribution in [0.2, 0.25) is 0 Å². The van der Waals surface area contributed by atoms with Crippen molar-refractivity contribution in [3.8, 4) is 17.2 Å². The van der Waals surface area contributed by atoms with E-state index in [1.165, 1.54) is 18.2 Å². The number of hydrogen-bond donors (Lipinski definition) is 5. The van der Waals surface area contributed by atoms with Crippen LogP contribution in [0.15, 0.2) is 42.5 Å². The van der Waals surface area contributed by atoms with Gasteiger partial charge in [0.1, 0.15) is 5.75 Å². The van der Waals surface area contributed by atoms with Gasteiger partial charge in [-0.05, 0) is 36.2 Å². The van der Waals surface area contributed by atoms with Crippen molar-refractivity contribution in [3.63, 3.8) is 0 Å². The zero-order valence-corrected chi connectivity index (χ0v) is 11.2. The Labute approximate surface area is 121 Å². The van der Waals surface area contributed by atoms with Gasteiger partial charge in [-0.3, -0.25) is 4.79 Å². The summed E-state index contributed by atoms with van der Waals surface area (Å²) in [6.07, 6.45) is 0.188. The molecule has 0 aliphatic heterocycles. The summed E-state index contributed by atoms with van der Waals surface area (Å²) in [5.41, 5.74) is 6.70. The van der Waals surface area contributed by atoms with E-state index in [-0.39, 0.29) is 29.4 Å². The number of nitrogens with one attached hydrogen (secondary N) is 1. The molecule has 6 N–H and O–H groups in total. The van der Waals surface area contributed by atoms with E-state index in [1.807, 2.05) is 0 Å². The lowest BCUT2D eigenvalue weighted by Gasteiger charge is -2.13. The van der Waals surface area contributed by atoms with E-state index >= 15 is 0 Å². The Morgan fingerprint density at radius 2 is 1.76 bits per heavy atom. The summed E-state index contributed by atoms with van der Waals surface area (Å²) in [4.78, 5) is 12.0. The molecule has 0 saturated carbocycles. The van der Waals surface area contributed by atoms with E-state index < -0.39 is 11.9 Å². The molecule has 0 aliphatic carbocycles. The molecule has 0 aromatic heterocycles. The van der Waals surface area contributed by atoms with Gasteiger partial charge >= 0.3 is 0 Å². The third kappa shape index (κ3) is 3.64. The van der Waals surface area contributed by atoms with E-state index in [2.05, 4.69) is 5.32 Å². The van der Waals surface area contributed by atoms with Gasteiger partial charge in [-0.25, -0.2) is 0 Å². The molecular weight excluding hydrogens is 272 g/mol. The second-order valence-electron chi connectivity index (χ2n) is 4.64. The molecule has 1 atom stereocenters. The van der Waals surface area contributed by atoms with Crippen LogP contribution < -0.4 is 11.1 Å². The number of para-hydroxylation sites is 2. The van der Waals surface area contributed by atoms with Gasteiger partial charge < -0.3 is 26.4 Å². The van der Waals surface area contributed by atoms with E-state index in [0.717, 1.165) is 0 Å². The Balaban J connectivity index is 2.02. The van der Waals surface area contributed by atoms with Crippen molar-refractivity contribution in [2.75, 3.05) is 5.32 Å². The molecule has 110 valence electrons. The van der Waals surface area contributed by atoms with Crippen molar-refractivity contribution in [1.29, 1.82) is 0 Å². The van der Waals surface area contributed by atoms with Crippen LogP contribution in [0.5, 0.6) is 17.2 Å². The minimum atomic E-state index is -0.853. The highest BCUT2D eigenvalue weighted by Crippen LogP contribution is 2.25. The van der Waals surface area contributed by atoms with Gasteiger partial charge in [0.05, 0.1) is 11.7 Å². The summed E-state index contributed by atoms with van der Waals surface area (Å²) in [6, 6.07) is 9.74. The average Bonchev–Trinajstić information content (AvgIpc) is 2.45. The first-order chi connectivity index (χ1) is 9.97. The molecule has 0 fully saturated rings. The highest BCUT2D eigenvalue weighted by Gasteiger charge is 2.16. The molecule has 0 unspecified atom stereocenters. The summed E-state index contributed by atoms with van der Waals surface area (Å²) < 4.78 is 0. The molecule has 6 heteroatoms. The molecule has 6 nitrogen and oxygen atoms in total. The number of anilines is 1. The normalized spacial score (nSPS) is 11.9. The number of rotatable bonds is 4. The van der Waals surface area contributed by atoms with Gasteiger partial charge in [0.2, 0.25) is 5.91 Å². The quantitative estimate of drug-likeness (QED) is 0.544. The Kier molecular flexibility index (Phi) is 4.30. The number of nitrogens with two attached hydrogens (primary N) is 1. The lowest BCUT2D eigenvalue weighted by molar-refractivity contribution is -0.117. The van der Waals surface area contributed by atoms with Crippen LogP contribution in [-0.4, -0.2) is 27.3 Å². The third-order valence-electron chi connectivity index (χ3n) is 2.99. The Hall–Kier alpha value is -2.73. The molecule has 1 amide bonds. The van der Waals surface area contributed by atoms with Crippen molar-refractivity contribution >= 4 is 11.6 Å². The van der Waals surface area contributed by atoms with Crippen LogP contribution in [0.4, 0.5) is 5.69 Å². The molecule has 0 radical (unpaired) electrons. The molecule has 0 saturated heterocycles. The number of hydrogen-bond acceptors (Lipinski definition) is 5. The zero-order valence-electron chi connectivity index (χ0n) is 11.2. The predicted molar refractivity (Wildman–Crippen MR) is 78.2 cm³/mol. The Bertz CT molecular complexity index is 658. The number of phenolic OH excluding ortho intramolecular Hbond substituents is 3. The van der Waals surface area contributed by atoms with E-state index in [4.69, 9.17) is 5.73 Å². The number of phenols is 3. The van der Waals surface area contributed by atoms with Gasteiger partial charge in [0.15, 0.2) is 11.5 Å². The molecule has 2 aromatic carbocycles. The minimum absolute atomic E-state index is 0.0414. The number of carbonyl (C=O) groups excluding carboxylic acids is 1. The average molecular weight is 288 g/mol. The molecule has 21 heavy (non-hydrogen) atoms. The molecule has 0 aliphatic rings. The van der Waals surface area contributed by atoms with Gasteiger partial charge in [-0.1, -0.05) is 18.2 Å². The topological polar surface area (TPSA) is 116 Å². The van der Waals surface area contributed by atoms with Gasteiger partial charge in [-0.15, -0.1) is 0 Å². The van der Waals surface area contributed by atoms with Crippen molar-refractivity contribution in [1.82, 2.24) is 0 Å². The number of carbonyl (C=O) groups is 1.